The van der Waals surface area contributed by atoms with E-state index in [-0.39, 0.29) is 0 Å². The lowest BCUT2D eigenvalue weighted by atomic mass is 10.1. The topological polar surface area (TPSA) is 3.24 Å². The summed E-state index contributed by atoms with van der Waals surface area (Å²) in [5, 5.41) is 0. The van der Waals surface area contributed by atoms with Gasteiger partial charge in [-0.15, -0.1) is 0 Å². The van der Waals surface area contributed by atoms with E-state index >= 15 is 0 Å². The molecular weight excluding hydrogens is 122 g/mol. The lowest BCUT2D eigenvalue weighted by molar-refractivity contribution is 0.120. The van der Waals surface area contributed by atoms with Gasteiger partial charge in [0, 0.05) is 6.04 Å². The predicted molar refractivity (Wildman–Crippen MR) is 45.2 cm³/mol. The molecule has 1 saturated heterocycles. The van der Waals surface area contributed by atoms with Crippen molar-refractivity contribution in [2.75, 3.05) is 13.1 Å². The molecule has 1 heteroatoms. The molecule has 60 valence electrons. The van der Waals surface area contributed by atoms with Crippen LogP contribution in [0.25, 0.3) is 0 Å². The smallest absolute Gasteiger partial charge is 0.00669 e. The van der Waals surface area contributed by atoms with Crippen LogP contribution in [0.1, 0.15) is 39.5 Å². The Labute approximate surface area is 64.4 Å². The molecule has 1 heterocycles. The zero-order valence-electron chi connectivity index (χ0n) is 7.27. The van der Waals surface area contributed by atoms with E-state index in [0.29, 0.717) is 0 Å². The third kappa shape index (κ3) is 1.98. The first-order chi connectivity index (χ1) is 4.84. The van der Waals surface area contributed by atoms with Crippen molar-refractivity contribution in [1.29, 1.82) is 0 Å². The van der Waals surface area contributed by atoms with Crippen LogP contribution in [-0.4, -0.2) is 24.0 Å². The Balaban J connectivity index is 2.02. The number of hydrogen-bond donors (Lipinski definition) is 0. The summed E-state index contributed by atoms with van der Waals surface area (Å²) >= 11 is 0. The second-order valence-electron chi connectivity index (χ2n) is 3.38. The molecule has 0 N–H and O–H groups in total. The second kappa shape index (κ2) is 3.97. The van der Waals surface area contributed by atoms with Crippen molar-refractivity contribution in [1.82, 2.24) is 4.90 Å². The summed E-state index contributed by atoms with van der Waals surface area (Å²) < 4.78 is 0. The number of rotatable bonds is 4. The summed E-state index contributed by atoms with van der Waals surface area (Å²) in [6, 6.07) is 0.855. The van der Waals surface area contributed by atoms with Gasteiger partial charge in [-0.1, -0.05) is 19.8 Å². The third-order valence-electron chi connectivity index (χ3n) is 2.49. The van der Waals surface area contributed by atoms with Gasteiger partial charge < -0.3 is 4.90 Å². The maximum Gasteiger partial charge on any atom is 0.00669 e. The van der Waals surface area contributed by atoms with E-state index in [2.05, 4.69) is 18.7 Å². The normalized spacial score (nSPS) is 22.2. The van der Waals surface area contributed by atoms with Crippen LogP contribution in [-0.2, 0) is 0 Å². The molecule has 0 aliphatic carbocycles. The fourth-order valence-corrected chi connectivity index (χ4v) is 1.46. The van der Waals surface area contributed by atoms with Crippen LogP contribution in [0.2, 0.25) is 0 Å². The van der Waals surface area contributed by atoms with Gasteiger partial charge >= 0.3 is 0 Å². The molecule has 0 amide bonds. The zero-order chi connectivity index (χ0) is 7.40. The van der Waals surface area contributed by atoms with Gasteiger partial charge in [-0.3, -0.25) is 0 Å². The summed E-state index contributed by atoms with van der Waals surface area (Å²) in [6.45, 7) is 7.33. The van der Waals surface area contributed by atoms with Crippen molar-refractivity contribution in [3.63, 3.8) is 0 Å². The van der Waals surface area contributed by atoms with Crippen LogP contribution < -0.4 is 0 Å². The van der Waals surface area contributed by atoms with E-state index in [4.69, 9.17) is 0 Å². The van der Waals surface area contributed by atoms with E-state index in [1.807, 2.05) is 0 Å². The van der Waals surface area contributed by atoms with Gasteiger partial charge in [0.2, 0.25) is 0 Å². The Morgan fingerprint density at radius 1 is 1.40 bits per heavy atom. The van der Waals surface area contributed by atoms with Gasteiger partial charge in [0.05, 0.1) is 0 Å². The van der Waals surface area contributed by atoms with Crippen LogP contribution in [0.15, 0.2) is 0 Å². The fraction of sp³-hybridized carbons (Fsp3) is 1.00. The lowest BCUT2D eigenvalue weighted by Crippen LogP contribution is -2.43. The van der Waals surface area contributed by atoms with E-state index in [1.165, 1.54) is 38.8 Å². The molecule has 0 saturated carbocycles. The Hall–Kier alpha value is -0.0400. The van der Waals surface area contributed by atoms with Gasteiger partial charge in [-0.2, -0.15) is 0 Å². The molecule has 0 aromatic carbocycles. The van der Waals surface area contributed by atoms with Gasteiger partial charge in [0.15, 0.2) is 0 Å². The molecule has 1 rings (SSSR count). The van der Waals surface area contributed by atoms with Crippen LogP contribution in [0.3, 0.4) is 0 Å². The number of unbranched alkanes of at least 4 members (excludes halogenated alkanes) is 1. The largest absolute Gasteiger partial charge is 0.301 e. The molecule has 1 unspecified atom stereocenters. The van der Waals surface area contributed by atoms with Crippen molar-refractivity contribution in [2.24, 2.45) is 0 Å². The fourth-order valence-electron chi connectivity index (χ4n) is 1.46. The summed E-state index contributed by atoms with van der Waals surface area (Å²) in [4.78, 5) is 2.58. The van der Waals surface area contributed by atoms with E-state index < -0.39 is 0 Å². The highest BCUT2D eigenvalue weighted by molar-refractivity contribution is 4.74. The van der Waals surface area contributed by atoms with Gasteiger partial charge in [-0.05, 0) is 32.9 Å². The first kappa shape index (κ1) is 8.06. The molecule has 0 aromatic heterocycles. The average Bonchev–Trinajstić information content (AvgIpc) is 1.79. The monoisotopic (exact) mass is 141 g/mol. The maximum atomic E-state index is 2.58. The molecule has 1 fully saturated rings. The highest BCUT2D eigenvalue weighted by atomic mass is 15.2. The minimum absolute atomic E-state index is 0.855. The quantitative estimate of drug-likeness (QED) is 0.580. The molecule has 1 nitrogen and oxygen atoms in total. The molecule has 1 atom stereocenters. The van der Waals surface area contributed by atoms with Crippen LogP contribution in [0, 0.1) is 0 Å². The maximum absolute atomic E-state index is 2.58. The van der Waals surface area contributed by atoms with Crippen LogP contribution in [0.4, 0.5) is 0 Å². The van der Waals surface area contributed by atoms with Crippen molar-refractivity contribution < 1.29 is 0 Å². The van der Waals surface area contributed by atoms with Crippen molar-refractivity contribution in [3.8, 4) is 0 Å². The van der Waals surface area contributed by atoms with Gasteiger partial charge in [-0.25, -0.2) is 0 Å². The van der Waals surface area contributed by atoms with Crippen molar-refractivity contribution >= 4 is 0 Å². The molecule has 0 radical (unpaired) electrons. The molecule has 0 bridgehead atoms. The number of likely N-dealkylation sites (tertiary alicyclic amines) is 1. The van der Waals surface area contributed by atoms with E-state index in [1.54, 1.807) is 0 Å². The van der Waals surface area contributed by atoms with Gasteiger partial charge in [0.25, 0.3) is 0 Å². The van der Waals surface area contributed by atoms with E-state index in [9.17, 15) is 0 Å². The molecule has 0 spiro atoms. The number of nitrogens with zero attached hydrogens (tertiary/aromatic N) is 1. The second-order valence-corrected chi connectivity index (χ2v) is 3.38. The zero-order valence-corrected chi connectivity index (χ0v) is 7.27. The van der Waals surface area contributed by atoms with Gasteiger partial charge in [0.1, 0.15) is 0 Å². The van der Waals surface area contributed by atoms with Crippen LogP contribution >= 0.6 is 0 Å². The SMILES string of the molecule is CCCCC(C)N1CCC1. The Bertz CT molecular complexity index is 86.7. The summed E-state index contributed by atoms with van der Waals surface area (Å²) in [6.07, 6.45) is 5.57. The first-order valence-corrected chi connectivity index (χ1v) is 4.58. The molecule has 0 aromatic rings. The summed E-state index contributed by atoms with van der Waals surface area (Å²) in [7, 11) is 0. The van der Waals surface area contributed by atoms with E-state index in [0.717, 1.165) is 6.04 Å². The summed E-state index contributed by atoms with van der Waals surface area (Å²) in [5.41, 5.74) is 0. The predicted octanol–water partition coefficient (Wildman–Crippen LogP) is 2.27. The molecule has 10 heavy (non-hydrogen) atoms. The Morgan fingerprint density at radius 3 is 2.50 bits per heavy atom. The molecule has 1 aliphatic rings. The summed E-state index contributed by atoms with van der Waals surface area (Å²) in [5.74, 6) is 0. The Kier molecular flexibility index (Phi) is 3.20. The standard InChI is InChI=1S/C9H19N/c1-3-4-6-9(2)10-7-5-8-10/h9H,3-8H2,1-2H3. The first-order valence-electron chi connectivity index (χ1n) is 4.58. The molecule has 1 aliphatic heterocycles. The minimum Gasteiger partial charge on any atom is -0.301 e. The molecular formula is C9H19N. The minimum atomic E-state index is 0.855. The third-order valence-corrected chi connectivity index (χ3v) is 2.49. The van der Waals surface area contributed by atoms with Crippen molar-refractivity contribution in [3.05, 3.63) is 0 Å². The van der Waals surface area contributed by atoms with Crippen LogP contribution in [0.5, 0.6) is 0 Å². The average molecular weight is 141 g/mol. The number of hydrogen-bond acceptors (Lipinski definition) is 1. The highest BCUT2D eigenvalue weighted by Gasteiger charge is 2.18. The van der Waals surface area contributed by atoms with Crippen molar-refractivity contribution in [2.45, 2.75) is 45.6 Å². The lowest BCUT2D eigenvalue weighted by Gasteiger charge is -2.36. The highest BCUT2D eigenvalue weighted by Crippen LogP contribution is 2.14. The Morgan fingerprint density at radius 2 is 2.10 bits per heavy atom.